The molecule has 0 spiro atoms. The number of ketones is 1. The summed E-state index contributed by atoms with van der Waals surface area (Å²) in [7, 11) is 0. The van der Waals surface area contributed by atoms with Gasteiger partial charge in [-0.1, -0.05) is 27.2 Å². The Morgan fingerprint density at radius 2 is 2.06 bits per heavy atom. The standard InChI is InChI=1S/C14H26O3/c1-6-7-8-11(15)13(2,3)12-9-10-16-14(4,5)17-12/h12H,6-10H2,1-5H3/t12-/m0/s1. The summed E-state index contributed by atoms with van der Waals surface area (Å²) in [5, 5.41) is 0. The highest BCUT2D eigenvalue weighted by Crippen LogP contribution is 2.35. The molecule has 1 heterocycles. The molecule has 100 valence electrons. The second-order valence-electron chi connectivity index (χ2n) is 5.89. The fourth-order valence-electron chi connectivity index (χ4n) is 2.19. The van der Waals surface area contributed by atoms with Crippen LogP contribution in [-0.2, 0) is 14.3 Å². The molecular weight excluding hydrogens is 216 g/mol. The Kier molecular flexibility index (Phi) is 4.73. The van der Waals surface area contributed by atoms with E-state index in [4.69, 9.17) is 9.47 Å². The Balaban J connectivity index is 2.65. The summed E-state index contributed by atoms with van der Waals surface area (Å²) in [6, 6.07) is 0. The zero-order valence-corrected chi connectivity index (χ0v) is 11.8. The van der Waals surface area contributed by atoms with Gasteiger partial charge in [0.05, 0.1) is 12.7 Å². The fourth-order valence-corrected chi connectivity index (χ4v) is 2.19. The van der Waals surface area contributed by atoms with Crippen LogP contribution in [-0.4, -0.2) is 24.3 Å². The lowest BCUT2D eigenvalue weighted by molar-refractivity contribution is -0.288. The Morgan fingerprint density at radius 1 is 1.41 bits per heavy atom. The van der Waals surface area contributed by atoms with Crippen molar-refractivity contribution in [3.8, 4) is 0 Å². The molecule has 1 saturated heterocycles. The fraction of sp³-hybridized carbons (Fsp3) is 0.929. The van der Waals surface area contributed by atoms with E-state index in [9.17, 15) is 4.79 Å². The molecule has 0 N–H and O–H groups in total. The molecule has 0 radical (unpaired) electrons. The summed E-state index contributed by atoms with van der Waals surface area (Å²) >= 11 is 0. The third-order valence-corrected chi connectivity index (χ3v) is 3.54. The van der Waals surface area contributed by atoms with Crippen molar-refractivity contribution in [2.45, 2.75) is 72.2 Å². The van der Waals surface area contributed by atoms with Crippen LogP contribution < -0.4 is 0 Å². The van der Waals surface area contributed by atoms with Crippen molar-refractivity contribution in [1.29, 1.82) is 0 Å². The molecule has 0 aromatic carbocycles. The first-order chi connectivity index (χ1) is 7.79. The van der Waals surface area contributed by atoms with Gasteiger partial charge in [-0.25, -0.2) is 0 Å². The molecular formula is C14H26O3. The van der Waals surface area contributed by atoms with Gasteiger partial charge in [0.1, 0.15) is 5.78 Å². The van der Waals surface area contributed by atoms with E-state index in [0.29, 0.717) is 18.8 Å². The van der Waals surface area contributed by atoms with Gasteiger partial charge in [-0.15, -0.1) is 0 Å². The molecule has 17 heavy (non-hydrogen) atoms. The van der Waals surface area contributed by atoms with Crippen LogP contribution in [0.4, 0.5) is 0 Å². The molecule has 0 aliphatic carbocycles. The number of carbonyl (C=O) groups excluding carboxylic acids is 1. The molecule has 0 aromatic rings. The monoisotopic (exact) mass is 242 g/mol. The predicted molar refractivity (Wildman–Crippen MR) is 67.8 cm³/mol. The smallest absolute Gasteiger partial charge is 0.163 e. The van der Waals surface area contributed by atoms with Gasteiger partial charge in [-0.3, -0.25) is 4.79 Å². The van der Waals surface area contributed by atoms with Gasteiger partial charge in [0, 0.05) is 11.8 Å². The second kappa shape index (κ2) is 5.49. The third-order valence-electron chi connectivity index (χ3n) is 3.54. The van der Waals surface area contributed by atoms with Crippen molar-refractivity contribution >= 4 is 5.78 Å². The summed E-state index contributed by atoms with van der Waals surface area (Å²) in [6.07, 6.45) is 3.45. The molecule has 1 aliphatic rings. The van der Waals surface area contributed by atoms with Crippen LogP contribution in [0.2, 0.25) is 0 Å². The van der Waals surface area contributed by atoms with Gasteiger partial charge in [-0.05, 0) is 26.7 Å². The van der Waals surface area contributed by atoms with Gasteiger partial charge in [-0.2, -0.15) is 0 Å². The van der Waals surface area contributed by atoms with E-state index in [2.05, 4.69) is 6.92 Å². The lowest BCUT2D eigenvalue weighted by Crippen LogP contribution is -2.49. The van der Waals surface area contributed by atoms with Gasteiger partial charge >= 0.3 is 0 Å². The van der Waals surface area contributed by atoms with Crippen molar-refractivity contribution in [3.63, 3.8) is 0 Å². The third kappa shape index (κ3) is 3.78. The molecule has 0 amide bonds. The average Bonchev–Trinajstić information content (AvgIpc) is 2.24. The minimum absolute atomic E-state index is 0.0318. The topological polar surface area (TPSA) is 35.5 Å². The highest BCUT2D eigenvalue weighted by Gasteiger charge is 2.42. The minimum atomic E-state index is -0.564. The van der Waals surface area contributed by atoms with Crippen LogP contribution >= 0.6 is 0 Å². The maximum absolute atomic E-state index is 12.2. The molecule has 0 bridgehead atoms. The molecule has 0 saturated carbocycles. The predicted octanol–water partition coefficient (Wildman–Crippen LogP) is 3.31. The van der Waals surface area contributed by atoms with Gasteiger partial charge in [0.15, 0.2) is 5.79 Å². The van der Waals surface area contributed by atoms with Gasteiger partial charge in [0.25, 0.3) is 0 Å². The molecule has 0 unspecified atom stereocenters. The van der Waals surface area contributed by atoms with E-state index in [1.807, 2.05) is 27.7 Å². The highest BCUT2D eigenvalue weighted by molar-refractivity contribution is 5.84. The van der Waals surface area contributed by atoms with E-state index in [0.717, 1.165) is 19.3 Å². The first kappa shape index (κ1) is 14.7. The lowest BCUT2D eigenvalue weighted by atomic mass is 9.78. The Labute approximate surface area is 105 Å². The Bertz CT molecular complexity index is 269. The largest absolute Gasteiger partial charge is 0.350 e. The van der Waals surface area contributed by atoms with E-state index in [1.54, 1.807) is 0 Å². The number of rotatable bonds is 5. The molecule has 0 aromatic heterocycles. The van der Waals surface area contributed by atoms with Gasteiger partial charge in [0.2, 0.25) is 0 Å². The first-order valence-electron chi connectivity index (χ1n) is 6.64. The summed E-state index contributed by atoms with van der Waals surface area (Å²) in [4.78, 5) is 12.2. The van der Waals surface area contributed by atoms with Crippen LogP contribution in [0.3, 0.4) is 0 Å². The maximum Gasteiger partial charge on any atom is 0.163 e. The van der Waals surface area contributed by atoms with Crippen molar-refractivity contribution in [3.05, 3.63) is 0 Å². The van der Waals surface area contributed by atoms with Crippen molar-refractivity contribution < 1.29 is 14.3 Å². The van der Waals surface area contributed by atoms with E-state index >= 15 is 0 Å². The molecule has 3 nitrogen and oxygen atoms in total. The Morgan fingerprint density at radius 3 is 2.59 bits per heavy atom. The normalized spacial score (nSPS) is 24.6. The molecule has 3 heteroatoms. The van der Waals surface area contributed by atoms with Gasteiger partial charge < -0.3 is 9.47 Å². The van der Waals surface area contributed by atoms with E-state index in [1.165, 1.54) is 0 Å². The van der Waals surface area contributed by atoms with Crippen molar-refractivity contribution in [1.82, 2.24) is 0 Å². The minimum Gasteiger partial charge on any atom is -0.350 e. The number of ether oxygens (including phenoxy) is 2. The van der Waals surface area contributed by atoms with E-state index in [-0.39, 0.29) is 6.10 Å². The van der Waals surface area contributed by atoms with Crippen LogP contribution in [0.25, 0.3) is 0 Å². The second-order valence-corrected chi connectivity index (χ2v) is 5.89. The number of hydrogen-bond donors (Lipinski definition) is 0. The highest BCUT2D eigenvalue weighted by atomic mass is 16.7. The number of Topliss-reactive ketones (excluding diaryl/α,β-unsaturated/α-hetero) is 1. The maximum atomic E-state index is 12.2. The molecule has 1 rings (SSSR count). The Hall–Kier alpha value is -0.410. The number of unbranched alkanes of at least 4 members (excludes halogenated alkanes) is 1. The number of hydrogen-bond acceptors (Lipinski definition) is 3. The summed E-state index contributed by atoms with van der Waals surface area (Å²) < 4.78 is 11.4. The van der Waals surface area contributed by atoms with E-state index < -0.39 is 11.2 Å². The van der Waals surface area contributed by atoms with Crippen LogP contribution in [0.1, 0.15) is 60.3 Å². The SMILES string of the molecule is CCCCC(=O)C(C)(C)[C@@H]1CCOC(C)(C)O1. The van der Waals surface area contributed by atoms with Crippen LogP contribution in [0, 0.1) is 5.41 Å². The van der Waals surface area contributed by atoms with Crippen LogP contribution in [0.5, 0.6) is 0 Å². The zero-order chi connectivity index (χ0) is 13.1. The first-order valence-corrected chi connectivity index (χ1v) is 6.64. The quantitative estimate of drug-likeness (QED) is 0.742. The average molecular weight is 242 g/mol. The summed E-state index contributed by atoms with van der Waals surface area (Å²) in [6.45, 7) is 10.6. The van der Waals surface area contributed by atoms with Crippen molar-refractivity contribution in [2.24, 2.45) is 5.41 Å². The van der Waals surface area contributed by atoms with Crippen molar-refractivity contribution in [2.75, 3.05) is 6.61 Å². The molecule has 1 atom stereocenters. The summed E-state index contributed by atoms with van der Waals surface area (Å²) in [5.41, 5.74) is -0.407. The lowest BCUT2D eigenvalue weighted by Gasteiger charge is -2.42. The molecule has 1 aliphatic heterocycles. The van der Waals surface area contributed by atoms with Crippen LogP contribution in [0.15, 0.2) is 0 Å². The molecule has 1 fully saturated rings. The number of carbonyl (C=O) groups is 1. The zero-order valence-electron chi connectivity index (χ0n) is 11.8. The summed E-state index contributed by atoms with van der Waals surface area (Å²) in [5.74, 6) is -0.257.